The summed E-state index contributed by atoms with van der Waals surface area (Å²) in [7, 11) is -3.70. The number of anilines is 2. The number of carbonyl (C=O) groups excluding carboxylic acids is 1. The van der Waals surface area contributed by atoms with E-state index in [0.29, 0.717) is 12.2 Å². The van der Waals surface area contributed by atoms with Crippen molar-refractivity contribution in [3.8, 4) is 0 Å². The van der Waals surface area contributed by atoms with Gasteiger partial charge in [-0.05, 0) is 47.9 Å². The molecule has 0 saturated heterocycles. The third kappa shape index (κ3) is 3.33. The Bertz CT molecular complexity index is 965. The van der Waals surface area contributed by atoms with Crippen molar-refractivity contribution in [3.05, 3.63) is 53.6 Å². The Morgan fingerprint density at radius 3 is 2.58 bits per heavy atom. The summed E-state index contributed by atoms with van der Waals surface area (Å²) in [5.74, 6) is -0.0399. The minimum Gasteiger partial charge on any atom is -0.311 e. The van der Waals surface area contributed by atoms with Gasteiger partial charge in [0.2, 0.25) is 5.91 Å². The summed E-state index contributed by atoms with van der Waals surface area (Å²) < 4.78 is 28.3. The fraction of sp³-hybridized carbons (Fsp3) is 0.350. The van der Waals surface area contributed by atoms with Crippen LogP contribution in [0.1, 0.15) is 38.8 Å². The summed E-state index contributed by atoms with van der Waals surface area (Å²) in [6.07, 6.45) is 0.837. The maximum atomic E-state index is 12.8. The zero-order chi connectivity index (χ0) is 19.1. The maximum Gasteiger partial charge on any atom is 0.261 e. The maximum absolute atomic E-state index is 12.8. The lowest BCUT2D eigenvalue weighted by Crippen LogP contribution is -2.31. The average Bonchev–Trinajstić information content (AvgIpc) is 2.86. The molecule has 5 nitrogen and oxygen atoms in total. The third-order valence-corrected chi connectivity index (χ3v) is 6.20. The molecule has 3 rings (SSSR count). The summed E-state index contributed by atoms with van der Waals surface area (Å²) in [6, 6.07) is 12.4. The Morgan fingerprint density at radius 1 is 1.19 bits per heavy atom. The van der Waals surface area contributed by atoms with Crippen molar-refractivity contribution in [2.75, 3.05) is 16.2 Å². The van der Waals surface area contributed by atoms with Crippen LogP contribution in [0.4, 0.5) is 11.4 Å². The molecule has 1 heterocycles. The number of sulfonamides is 1. The molecule has 1 N–H and O–H groups in total. The number of nitrogens with one attached hydrogen (secondary N) is 1. The summed E-state index contributed by atoms with van der Waals surface area (Å²) in [5.41, 5.74) is 2.98. The highest BCUT2D eigenvalue weighted by molar-refractivity contribution is 7.92. The molecule has 0 spiro atoms. The minimum atomic E-state index is -3.70. The lowest BCUT2D eigenvalue weighted by atomic mass is 9.87. The van der Waals surface area contributed by atoms with Crippen LogP contribution in [-0.4, -0.2) is 20.9 Å². The van der Waals surface area contributed by atoms with Gasteiger partial charge in [0.25, 0.3) is 10.0 Å². The van der Waals surface area contributed by atoms with Crippen LogP contribution in [0.15, 0.2) is 47.4 Å². The lowest BCUT2D eigenvalue weighted by Gasteiger charge is -2.19. The van der Waals surface area contributed by atoms with E-state index in [0.717, 1.165) is 23.2 Å². The zero-order valence-electron chi connectivity index (χ0n) is 15.5. The molecule has 0 atom stereocenters. The SMILES string of the molecule is CCc1cccc(NS(=O)(=O)c2ccc3c(c2)C(C)(C)CN3C(C)=O)c1. The molecule has 0 aliphatic carbocycles. The third-order valence-electron chi connectivity index (χ3n) is 4.82. The number of aryl methyl sites for hydroxylation is 1. The molecule has 138 valence electrons. The van der Waals surface area contributed by atoms with E-state index in [-0.39, 0.29) is 16.2 Å². The van der Waals surface area contributed by atoms with Crippen LogP contribution in [0.5, 0.6) is 0 Å². The molecule has 0 bridgehead atoms. The van der Waals surface area contributed by atoms with Gasteiger partial charge in [-0.15, -0.1) is 0 Å². The van der Waals surface area contributed by atoms with Gasteiger partial charge in [-0.3, -0.25) is 9.52 Å². The van der Waals surface area contributed by atoms with Crippen molar-refractivity contribution in [1.82, 2.24) is 0 Å². The van der Waals surface area contributed by atoms with E-state index in [4.69, 9.17) is 0 Å². The molecule has 0 saturated carbocycles. The first-order chi connectivity index (χ1) is 12.1. The van der Waals surface area contributed by atoms with Crippen molar-refractivity contribution in [2.45, 2.75) is 44.4 Å². The predicted molar refractivity (Wildman–Crippen MR) is 104 cm³/mol. The summed E-state index contributed by atoms with van der Waals surface area (Å²) in [6.45, 7) is 8.13. The molecule has 2 aromatic rings. The second-order valence-electron chi connectivity index (χ2n) is 7.33. The Labute approximate surface area is 155 Å². The van der Waals surface area contributed by atoms with Gasteiger partial charge in [0, 0.05) is 30.3 Å². The van der Waals surface area contributed by atoms with Crippen LogP contribution in [-0.2, 0) is 26.7 Å². The van der Waals surface area contributed by atoms with Crippen LogP contribution < -0.4 is 9.62 Å². The first-order valence-electron chi connectivity index (χ1n) is 8.68. The fourth-order valence-corrected chi connectivity index (χ4v) is 4.45. The molecule has 26 heavy (non-hydrogen) atoms. The second kappa shape index (κ2) is 6.43. The van der Waals surface area contributed by atoms with E-state index in [2.05, 4.69) is 4.72 Å². The average molecular weight is 372 g/mol. The minimum absolute atomic E-state index is 0.0399. The number of benzene rings is 2. The van der Waals surface area contributed by atoms with Gasteiger partial charge in [-0.25, -0.2) is 8.42 Å². The zero-order valence-corrected chi connectivity index (χ0v) is 16.4. The largest absolute Gasteiger partial charge is 0.311 e. The number of nitrogens with zero attached hydrogens (tertiary/aromatic N) is 1. The quantitative estimate of drug-likeness (QED) is 0.890. The smallest absolute Gasteiger partial charge is 0.261 e. The number of carbonyl (C=O) groups is 1. The molecular formula is C20H24N2O3S. The first kappa shape index (κ1) is 18.5. The number of hydrogen-bond acceptors (Lipinski definition) is 3. The molecule has 0 radical (unpaired) electrons. The van der Waals surface area contributed by atoms with Crippen molar-refractivity contribution in [3.63, 3.8) is 0 Å². The summed E-state index contributed by atoms with van der Waals surface area (Å²) in [5, 5.41) is 0. The van der Waals surface area contributed by atoms with E-state index < -0.39 is 10.0 Å². The van der Waals surface area contributed by atoms with Crippen LogP contribution >= 0.6 is 0 Å². The van der Waals surface area contributed by atoms with Gasteiger partial charge in [0.05, 0.1) is 4.90 Å². The van der Waals surface area contributed by atoms with Gasteiger partial charge in [-0.1, -0.05) is 32.9 Å². The summed E-state index contributed by atoms with van der Waals surface area (Å²) >= 11 is 0. The molecule has 1 aliphatic rings. The number of amides is 1. The number of fused-ring (bicyclic) bond motifs is 1. The molecule has 0 aromatic heterocycles. The Hall–Kier alpha value is -2.34. The van der Waals surface area contributed by atoms with E-state index in [1.54, 1.807) is 29.2 Å². The van der Waals surface area contributed by atoms with Crippen LogP contribution in [0.25, 0.3) is 0 Å². The molecule has 0 unspecified atom stereocenters. The van der Waals surface area contributed by atoms with E-state index in [1.165, 1.54) is 6.92 Å². The van der Waals surface area contributed by atoms with Crippen LogP contribution in [0.2, 0.25) is 0 Å². The number of rotatable bonds is 4. The molecule has 1 aliphatic heterocycles. The standard InChI is InChI=1S/C20H24N2O3S/c1-5-15-7-6-8-16(11-15)21-26(24,25)17-9-10-19-18(12-17)20(3,4)13-22(19)14(2)23/h6-12,21H,5,13H2,1-4H3. The molecule has 6 heteroatoms. The molecule has 1 amide bonds. The van der Waals surface area contributed by atoms with Crippen molar-refractivity contribution in [2.24, 2.45) is 0 Å². The molecule has 0 fully saturated rings. The Balaban J connectivity index is 1.98. The van der Waals surface area contributed by atoms with Crippen LogP contribution in [0.3, 0.4) is 0 Å². The van der Waals surface area contributed by atoms with Crippen molar-refractivity contribution < 1.29 is 13.2 Å². The van der Waals surface area contributed by atoms with Gasteiger partial charge in [-0.2, -0.15) is 0 Å². The highest BCUT2D eigenvalue weighted by Gasteiger charge is 2.37. The Kier molecular flexibility index (Phi) is 4.56. The summed E-state index contributed by atoms with van der Waals surface area (Å²) in [4.78, 5) is 13.8. The Morgan fingerprint density at radius 2 is 1.92 bits per heavy atom. The van der Waals surface area contributed by atoms with E-state index in [1.807, 2.05) is 39.0 Å². The fourth-order valence-electron chi connectivity index (χ4n) is 3.38. The first-order valence-corrected chi connectivity index (χ1v) is 10.2. The van der Waals surface area contributed by atoms with Gasteiger partial charge < -0.3 is 4.90 Å². The normalized spacial score (nSPS) is 15.6. The second-order valence-corrected chi connectivity index (χ2v) is 9.01. The van der Waals surface area contributed by atoms with Gasteiger partial charge >= 0.3 is 0 Å². The van der Waals surface area contributed by atoms with E-state index in [9.17, 15) is 13.2 Å². The van der Waals surface area contributed by atoms with Gasteiger partial charge in [0.15, 0.2) is 0 Å². The molecular weight excluding hydrogens is 348 g/mol. The highest BCUT2D eigenvalue weighted by Crippen LogP contribution is 2.41. The number of hydrogen-bond donors (Lipinski definition) is 1. The van der Waals surface area contributed by atoms with Gasteiger partial charge in [0.1, 0.15) is 0 Å². The monoisotopic (exact) mass is 372 g/mol. The lowest BCUT2D eigenvalue weighted by molar-refractivity contribution is -0.116. The van der Waals surface area contributed by atoms with Crippen molar-refractivity contribution >= 4 is 27.3 Å². The predicted octanol–water partition coefficient (Wildman–Crippen LogP) is 3.69. The van der Waals surface area contributed by atoms with Crippen molar-refractivity contribution in [1.29, 1.82) is 0 Å². The van der Waals surface area contributed by atoms with Crippen LogP contribution in [0, 0.1) is 0 Å². The highest BCUT2D eigenvalue weighted by atomic mass is 32.2. The topological polar surface area (TPSA) is 66.5 Å². The van der Waals surface area contributed by atoms with E-state index >= 15 is 0 Å². The molecule has 2 aromatic carbocycles.